The molecule has 0 aromatic rings. The molecule has 1 fully saturated rings. The van der Waals surface area contributed by atoms with Gasteiger partial charge in [0.05, 0.1) is 6.04 Å². The number of nitrogens with two attached hydrogens (primary N) is 1. The van der Waals surface area contributed by atoms with E-state index in [1.807, 2.05) is 18.7 Å². The zero-order valence-electron chi connectivity index (χ0n) is 11.1. The molecule has 0 unspecified atom stereocenters. The molecule has 16 heavy (non-hydrogen) atoms. The molecule has 1 saturated heterocycles. The van der Waals surface area contributed by atoms with Gasteiger partial charge in [-0.15, -0.1) is 0 Å². The van der Waals surface area contributed by atoms with Crippen molar-refractivity contribution in [1.29, 1.82) is 0 Å². The van der Waals surface area contributed by atoms with Gasteiger partial charge in [0.15, 0.2) is 0 Å². The molecule has 2 N–H and O–H groups in total. The fourth-order valence-electron chi connectivity index (χ4n) is 2.45. The van der Waals surface area contributed by atoms with Gasteiger partial charge in [0.1, 0.15) is 0 Å². The molecule has 1 aliphatic rings. The first kappa shape index (κ1) is 13.5. The minimum atomic E-state index is -0.329. The molecule has 0 saturated carbocycles. The predicted octanol–water partition coefficient (Wildman–Crippen LogP) is 2.01. The predicted molar refractivity (Wildman–Crippen MR) is 67.0 cm³/mol. The van der Waals surface area contributed by atoms with Gasteiger partial charge in [-0.1, -0.05) is 27.7 Å². The number of nitrogens with zero attached hydrogens (tertiary/aromatic N) is 1. The van der Waals surface area contributed by atoms with Gasteiger partial charge in [0, 0.05) is 13.1 Å². The molecule has 1 atom stereocenters. The Morgan fingerprint density at radius 2 is 1.94 bits per heavy atom. The average molecular weight is 226 g/mol. The van der Waals surface area contributed by atoms with E-state index in [0.29, 0.717) is 5.41 Å². The van der Waals surface area contributed by atoms with Crippen LogP contribution in [-0.4, -0.2) is 29.9 Å². The van der Waals surface area contributed by atoms with Gasteiger partial charge in [-0.3, -0.25) is 4.79 Å². The minimum Gasteiger partial charge on any atom is -0.341 e. The Morgan fingerprint density at radius 1 is 1.38 bits per heavy atom. The van der Waals surface area contributed by atoms with E-state index in [1.54, 1.807) is 0 Å². The third kappa shape index (κ3) is 2.57. The Labute approximate surface area is 99.4 Å². The highest BCUT2D eigenvalue weighted by Crippen LogP contribution is 2.37. The molecule has 0 aliphatic carbocycles. The molecule has 0 spiro atoms. The average Bonchev–Trinajstić information content (AvgIpc) is 2.72. The lowest BCUT2D eigenvalue weighted by Gasteiger charge is -2.28. The maximum atomic E-state index is 12.1. The first-order chi connectivity index (χ1) is 7.45. The van der Waals surface area contributed by atoms with E-state index in [2.05, 4.69) is 13.8 Å². The Kier molecular flexibility index (Phi) is 4.36. The van der Waals surface area contributed by atoms with Gasteiger partial charge in [-0.2, -0.15) is 0 Å². The van der Waals surface area contributed by atoms with E-state index in [4.69, 9.17) is 5.73 Å². The fraction of sp³-hybridized carbons (Fsp3) is 0.923. The van der Waals surface area contributed by atoms with Crippen LogP contribution in [0.25, 0.3) is 0 Å². The van der Waals surface area contributed by atoms with Crippen molar-refractivity contribution in [2.24, 2.45) is 17.1 Å². The maximum absolute atomic E-state index is 12.1. The molecule has 1 aliphatic heterocycles. The number of amides is 1. The molecule has 0 aromatic carbocycles. The highest BCUT2D eigenvalue weighted by molar-refractivity contribution is 5.82. The van der Waals surface area contributed by atoms with Crippen molar-refractivity contribution in [2.75, 3.05) is 13.1 Å². The summed E-state index contributed by atoms with van der Waals surface area (Å²) in [6.07, 6.45) is 3.45. The quantitative estimate of drug-likeness (QED) is 0.797. The van der Waals surface area contributed by atoms with Crippen LogP contribution >= 0.6 is 0 Å². The summed E-state index contributed by atoms with van der Waals surface area (Å²) in [6.45, 7) is 10.2. The summed E-state index contributed by atoms with van der Waals surface area (Å²) in [5, 5.41) is 0. The second kappa shape index (κ2) is 5.17. The minimum absolute atomic E-state index is 0.138. The van der Waals surface area contributed by atoms with Crippen LogP contribution in [0, 0.1) is 11.3 Å². The SMILES string of the molecule is CCC1(CC)CCN(C(=O)[C@H](N)C(C)C)C1. The number of hydrogen-bond acceptors (Lipinski definition) is 2. The van der Waals surface area contributed by atoms with Gasteiger partial charge in [-0.05, 0) is 30.6 Å². The van der Waals surface area contributed by atoms with Gasteiger partial charge in [0.2, 0.25) is 5.91 Å². The Hall–Kier alpha value is -0.570. The standard InChI is InChI=1S/C13H26N2O/c1-5-13(6-2)7-8-15(9-13)12(16)11(14)10(3)4/h10-11H,5-9,14H2,1-4H3/t11-/m1/s1. The third-order valence-electron chi connectivity index (χ3n) is 4.25. The zero-order valence-corrected chi connectivity index (χ0v) is 11.1. The van der Waals surface area contributed by atoms with Crippen molar-refractivity contribution in [1.82, 2.24) is 4.90 Å². The highest BCUT2D eigenvalue weighted by atomic mass is 16.2. The number of carbonyl (C=O) groups is 1. The monoisotopic (exact) mass is 226 g/mol. The summed E-state index contributed by atoms with van der Waals surface area (Å²) in [5.74, 6) is 0.365. The van der Waals surface area contributed by atoms with Crippen molar-refractivity contribution in [3.63, 3.8) is 0 Å². The Balaban J connectivity index is 2.62. The first-order valence-corrected chi connectivity index (χ1v) is 6.50. The fourth-order valence-corrected chi connectivity index (χ4v) is 2.45. The van der Waals surface area contributed by atoms with Crippen molar-refractivity contribution in [3.8, 4) is 0 Å². The summed E-state index contributed by atoms with van der Waals surface area (Å²) in [6, 6.07) is -0.329. The first-order valence-electron chi connectivity index (χ1n) is 6.50. The highest BCUT2D eigenvalue weighted by Gasteiger charge is 2.38. The number of hydrogen-bond donors (Lipinski definition) is 1. The molecule has 1 heterocycles. The van der Waals surface area contributed by atoms with Crippen LogP contribution in [0.15, 0.2) is 0 Å². The summed E-state index contributed by atoms with van der Waals surface area (Å²) >= 11 is 0. The van der Waals surface area contributed by atoms with Crippen molar-refractivity contribution >= 4 is 5.91 Å². The van der Waals surface area contributed by atoms with Gasteiger partial charge in [0.25, 0.3) is 0 Å². The van der Waals surface area contributed by atoms with Crippen LogP contribution < -0.4 is 5.73 Å². The van der Waals surface area contributed by atoms with Crippen LogP contribution in [0.2, 0.25) is 0 Å². The number of carbonyl (C=O) groups excluding carboxylic acids is 1. The summed E-state index contributed by atoms with van der Waals surface area (Å²) in [7, 11) is 0. The molecule has 0 bridgehead atoms. The van der Waals surface area contributed by atoms with Gasteiger partial charge in [-0.25, -0.2) is 0 Å². The normalized spacial score (nSPS) is 21.5. The zero-order chi connectivity index (χ0) is 12.3. The van der Waals surface area contributed by atoms with E-state index in [-0.39, 0.29) is 17.9 Å². The Bertz CT molecular complexity index is 246. The second-order valence-electron chi connectivity index (χ2n) is 5.49. The third-order valence-corrected chi connectivity index (χ3v) is 4.25. The second-order valence-corrected chi connectivity index (χ2v) is 5.49. The Morgan fingerprint density at radius 3 is 2.31 bits per heavy atom. The lowest BCUT2D eigenvalue weighted by atomic mass is 9.82. The largest absolute Gasteiger partial charge is 0.341 e. The molecule has 0 aromatic heterocycles. The molecular formula is C13H26N2O. The van der Waals surface area contributed by atoms with E-state index < -0.39 is 0 Å². The van der Waals surface area contributed by atoms with Crippen LogP contribution in [0.1, 0.15) is 47.0 Å². The van der Waals surface area contributed by atoms with Crippen LogP contribution in [0.3, 0.4) is 0 Å². The summed E-state index contributed by atoms with van der Waals surface area (Å²) in [4.78, 5) is 14.1. The number of likely N-dealkylation sites (tertiary alicyclic amines) is 1. The molecule has 3 nitrogen and oxygen atoms in total. The van der Waals surface area contributed by atoms with Crippen LogP contribution in [0.5, 0.6) is 0 Å². The molecule has 1 amide bonds. The van der Waals surface area contributed by atoms with E-state index in [1.165, 1.54) is 0 Å². The number of rotatable bonds is 4. The molecule has 94 valence electrons. The molecule has 0 radical (unpaired) electrons. The van der Waals surface area contributed by atoms with Crippen LogP contribution in [0.4, 0.5) is 0 Å². The van der Waals surface area contributed by atoms with Crippen molar-refractivity contribution in [3.05, 3.63) is 0 Å². The van der Waals surface area contributed by atoms with Crippen molar-refractivity contribution < 1.29 is 4.79 Å². The lowest BCUT2D eigenvalue weighted by Crippen LogP contribution is -2.46. The van der Waals surface area contributed by atoms with Gasteiger partial charge >= 0.3 is 0 Å². The van der Waals surface area contributed by atoms with E-state index in [0.717, 1.165) is 32.4 Å². The smallest absolute Gasteiger partial charge is 0.239 e. The molecular weight excluding hydrogens is 200 g/mol. The van der Waals surface area contributed by atoms with E-state index >= 15 is 0 Å². The van der Waals surface area contributed by atoms with E-state index in [9.17, 15) is 4.79 Å². The maximum Gasteiger partial charge on any atom is 0.239 e. The summed E-state index contributed by atoms with van der Waals surface area (Å²) in [5.41, 5.74) is 6.27. The van der Waals surface area contributed by atoms with Crippen molar-refractivity contribution in [2.45, 2.75) is 53.0 Å². The van der Waals surface area contributed by atoms with Crippen LogP contribution in [-0.2, 0) is 4.79 Å². The summed E-state index contributed by atoms with van der Waals surface area (Å²) < 4.78 is 0. The molecule has 1 rings (SSSR count). The topological polar surface area (TPSA) is 46.3 Å². The van der Waals surface area contributed by atoms with Gasteiger partial charge < -0.3 is 10.6 Å². The molecule has 3 heteroatoms. The lowest BCUT2D eigenvalue weighted by molar-refractivity contribution is -0.132.